The number of carbonyl (C=O) groups excluding carboxylic acids is 1. The Balaban J connectivity index is 1.96. The highest BCUT2D eigenvalue weighted by Gasteiger charge is 2.27. The number of carboxylic acids is 1. The van der Waals surface area contributed by atoms with E-state index in [2.05, 4.69) is 0 Å². The van der Waals surface area contributed by atoms with Crippen molar-refractivity contribution in [1.29, 1.82) is 0 Å². The van der Waals surface area contributed by atoms with Crippen LogP contribution in [0.2, 0.25) is 0 Å². The smallest absolute Gasteiger partial charge is 0.306 e. The molecule has 1 heterocycles. The lowest BCUT2D eigenvalue weighted by Gasteiger charge is -2.33. The Labute approximate surface area is 132 Å². The summed E-state index contributed by atoms with van der Waals surface area (Å²) in [5.41, 5.74) is 0.287. The number of nitrogens with zero attached hydrogens (tertiary/aromatic N) is 1. The average molecular weight is 327 g/mol. The Morgan fingerprint density at radius 2 is 2.17 bits per heavy atom. The van der Waals surface area contributed by atoms with Crippen molar-refractivity contribution in [2.75, 3.05) is 19.7 Å². The quantitative estimate of drug-likeness (QED) is 0.900. The molecule has 1 aliphatic rings. The number of halogens is 2. The first kappa shape index (κ1) is 17.3. The maximum Gasteiger partial charge on any atom is 0.306 e. The number of benzene rings is 1. The van der Waals surface area contributed by atoms with Gasteiger partial charge in [-0.3, -0.25) is 9.59 Å². The number of hydrogen-bond donors (Lipinski definition) is 1. The van der Waals surface area contributed by atoms with Gasteiger partial charge in [0.1, 0.15) is 11.6 Å². The van der Waals surface area contributed by atoms with Gasteiger partial charge in [0, 0.05) is 25.6 Å². The number of amides is 1. The van der Waals surface area contributed by atoms with Crippen molar-refractivity contribution in [3.63, 3.8) is 0 Å². The molecule has 0 bridgehead atoms. The topological polar surface area (TPSA) is 66.8 Å². The van der Waals surface area contributed by atoms with E-state index < -0.39 is 29.6 Å². The Hall–Kier alpha value is -2.02. The van der Waals surface area contributed by atoms with Gasteiger partial charge in [-0.25, -0.2) is 8.78 Å². The van der Waals surface area contributed by atoms with Crippen LogP contribution in [0.5, 0.6) is 0 Å². The minimum atomic E-state index is -0.981. The number of morpholine rings is 1. The van der Waals surface area contributed by atoms with Crippen LogP contribution in [0.4, 0.5) is 8.78 Å². The standard InChI is InChI=1S/C16H19F2NO4/c1-10(13-3-2-11(17)7-14(13)18)6-15(20)19-4-5-23-12(9-19)8-16(21)22/h2-3,7,10,12H,4-6,8-9H2,1H3,(H,21,22). The van der Waals surface area contributed by atoms with Crippen LogP contribution in [0.25, 0.3) is 0 Å². The molecule has 2 unspecified atom stereocenters. The van der Waals surface area contributed by atoms with Crippen LogP contribution < -0.4 is 0 Å². The van der Waals surface area contributed by atoms with Gasteiger partial charge >= 0.3 is 5.97 Å². The van der Waals surface area contributed by atoms with Crippen molar-refractivity contribution >= 4 is 11.9 Å². The lowest BCUT2D eigenvalue weighted by molar-refractivity contribution is -0.147. The zero-order chi connectivity index (χ0) is 17.0. The van der Waals surface area contributed by atoms with Crippen molar-refractivity contribution in [2.24, 2.45) is 0 Å². The number of rotatable bonds is 5. The highest BCUT2D eigenvalue weighted by molar-refractivity contribution is 5.77. The SMILES string of the molecule is CC(CC(=O)N1CCOC(CC(=O)O)C1)c1ccc(F)cc1F. The molecule has 0 spiro atoms. The Morgan fingerprint density at radius 3 is 2.83 bits per heavy atom. The van der Waals surface area contributed by atoms with Gasteiger partial charge in [0.05, 0.1) is 19.1 Å². The number of ether oxygens (including phenoxy) is 1. The minimum Gasteiger partial charge on any atom is -0.481 e. The molecular formula is C16H19F2NO4. The van der Waals surface area contributed by atoms with Crippen molar-refractivity contribution in [1.82, 2.24) is 4.90 Å². The van der Waals surface area contributed by atoms with Crippen LogP contribution in [0, 0.1) is 11.6 Å². The predicted molar refractivity (Wildman–Crippen MR) is 78.0 cm³/mol. The van der Waals surface area contributed by atoms with Gasteiger partial charge in [-0.15, -0.1) is 0 Å². The van der Waals surface area contributed by atoms with E-state index in [1.54, 1.807) is 6.92 Å². The monoisotopic (exact) mass is 327 g/mol. The van der Waals surface area contributed by atoms with Gasteiger partial charge in [-0.2, -0.15) is 0 Å². The summed E-state index contributed by atoms with van der Waals surface area (Å²) in [4.78, 5) is 24.6. The second kappa shape index (κ2) is 7.50. The molecule has 1 aromatic rings. The van der Waals surface area contributed by atoms with Crippen molar-refractivity contribution in [2.45, 2.75) is 31.8 Å². The molecule has 0 aliphatic carbocycles. The van der Waals surface area contributed by atoms with Crippen molar-refractivity contribution in [3.05, 3.63) is 35.4 Å². The number of hydrogen-bond acceptors (Lipinski definition) is 3. The maximum atomic E-state index is 13.7. The average Bonchev–Trinajstić information content (AvgIpc) is 2.46. The normalized spacial score (nSPS) is 19.4. The third-order valence-electron chi connectivity index (χ3n) is 3.87. The van der Waals surface area contributed by atoms with Crippen LogP contribution in [0.1, 0.15) is 31.2 Å². The van der Waals surface area contributed by atoms with Gasteiger partial charge < -0.3 is 14.7 Å². The van der Waals surface area contributed by atoms with Crippen LogP contribution in [-0.4, -0.2) is 47.7 Å². The highest BCUT2D eigenvalue weighted by Crippen LogP contribution is 2.24. The van der Waals surface area contributed by atoms with Crippen LogP contribution in [0.15, 0.2) is 18.2 Å². The molecule has 23 heavy (non-hydrogen) atoms. The first-order valence-corrected chi connectivity index (χ1v) is 7.43. The summed E-state index contributed by atoms with van der Waals surface area (Å²) in [5, 5.41) is 8.78. The van der Waals surface area contributed by atoms with E-state index in [1.165, 1.54) is 11.0 Å². The predicted octanol–water partition coefficient (Wildman–Crippen LogP) is 2.16. The van der Waals surface area contributed by atoms with E-state index in [-0.39, 0.29) is 37.5 Å². The fourth-order valence-corrected chi connectivity index (χ4v) is 2.67. The van der Waals surface area contributed by atoms with E-state index in [0.717, 1.165) is 12.1 Å². The van der Waals surface area contributed by atoms with Crippen LogP contribution in [0.3, 0.4) is 0 Å². The fourth-order valence-electron chi connectivity index (χ4n) is 2.67. The summed E-state index contributed by atoms with van der Waals surface area (Å²) in [6.45, 7) is 2.57. The van der Waals surface area contributed by atoms with E-state index in [0.29, 0.717) is 6.54 Å². The van der Waals surface area contributed by atoms with E-state index in [4.69, 9.17) is 9.84 Å². The lowest BCUT2D eigenvalue weighted by Crippen LogP contribution is -2.46. The van der Waals surface area contributed by atoms with E-state index >= 15 is 0 Å². The minimum absolute atomic E-state index is 0.0718. The second-order valence-electron chi connectivity index (χ2n) is 5.70. The summed E-state index contributed by atoms with van der Waals surface area (Å²) in [7, 11) is 0. The summed E-state index contributed by atoms with van der Waals surface area (Å²) < 4.78 is 32.0. The Bertz CT molecular complexity index is 593. The lowest BCUT2D eigenvalue weighted by atomic mass is 9.96. The number of carboxylic acid groups (broad SMARTS) is 1. The van der Waals surface area contributed by atoms with Crippen molar-refractivity contribution < 1.29 is 28.2 Å². The van der Waals surface area contributed by atoms with E-state index in [1.807, 2.05) is 0 Å². The number of carbonyl (C=O) groups is 2. The van der Waals surface area contributed by atoms with E-state index in [9.17, 15) is 18.4 Å². The van der Waals surface area contributed by atoms with Crippen LogP contribution >= 0.6 is 0 Å². The molecule has 5 nitrogen and oxygen atoms in total. The van der Waals surface area contributed by atoms with Gasteiger partial charge in [0.2, 0.25) is 5.91 Å². The molecule has 0 radical (unpaired) electrons. The fraction of sp³-hybridized carbons (Fsp3) is 0.500. The molecule has 1 amide bonds. The molecule has 0 aromatic heterocycles. The molecule has 2 atom stereocenters. The second-order valence-corrected chi connectivity index (χ2v) is 5.70. The molecule has 126 valence electrons. The highest BCUT2D eigenvalue weighted by atomic mass is 19.1. The molecule has 7 heteroatoms. The van der Waals surface area contributed by atoms with Gasteiger partial charge in [0.15, 0.2) is 0 Å². The number of aliphatic carboxylic acids is 1. The van der Waals surface area contributed by atoms with Crippen molar-refractivity contribution in [3.8, 4) is 0 Å². The summed E-state index contributed by atoms with van der Waals surface area (Å²) >= 11 is 0. The summed E-state index contributed by atoms with van der Waals surface area (Å²) in [6, 6.07) is 3.31. The summed E-state index contributed by atoms with van der Waals surface area (Å²) in [5.74, 6) is -2.90. The molecule has 1 fully saturated rings. The summed E-state index contributed by atoms with van der Waals surface area (Å²) in [6.07, 6.45) is -0.614. The zero-order valence-electron chi connectivity index (χ0n) is 12.8. The molecule has 1 saturated heterocycles. The first-order chi connectivity index (χ1) is 10.9. The van der Waals surface area contributed by atoms with Gasteiger partial charge in [-0.1, -0.05) is 13.0 Å². The third-order valence-corrected chi connectivity index (χ3v) is 3.87. The maximum absolute atomic E-state index is 13.7. The largest absolute Gasteiger partial charge is 0.481 e. The molecular weight excluding hydrogens is 308 g/mol. The molecule has 0 saturated carbocycles. The molecule has 1 N–H and O–H groups in total. The molecule has 2 rings (SSSR count). The zero-order valence-corrected chi connectivity index (χ0v) is 12.8. The Morgan fingerprint density at radius 1 is 1.43 bits per heavy atom. The van der Waals surface area contributed by atoms with Crippen LogP contribution in [-0.2, 0) is 14.3 Å². The third kappa shape index (κ3) is 4.72. The van der Waals surface area contributed by atoms with Gasteiger partial charge in [-0.05, 0) is 17.5 Å². The van der Waals surface area contributed by atoms with Gasteiger partial charge in [0.25, 0.3) is 0 Å². The molecule has 1 aromatic carbocycles. The first-order valence-electron chi connectivity index (χ1n) is 7.43. The Kier molecular flexibility index (Phi) is 5.65. The molecule has 1 aliphatic heterocycles.